The molecule has 2 N–H and O–H groups in total. The lowest BCUT2D eigenvalue weighted by Crippen LogP contribution is -2.34. The summed E-state index contributed by atoms with van der Waals surface area (Å²) in [5, 5.41) is 0. The van der Waals surface area contributed by atoms with Crippen LogP contribution in [0.4, 0.5) is 10.1 Å². The number of halogens is 2. The first-order chi connectivity index (χ1) is 13.5. The molecule has 1 amide bonds. The van der Waals surface area contributed by atoms with Crippen LogP contribution >= 0.6 is 15.9 Å². The Bertz CT molecular complexity index is 867. The molecule has 2 aromatic rings. The van der Waals surface area contributed by atoms with Crippen molar-refractivity contribution in [2.75, 3.05) is 24.6 Å². The van der Waals surface area contributed by atoms with E-state index in [0.29, 0.717) is 23.8 Å². The van der Waals surface area contributed by atoms with Gasteiger partial charge in [-0.15, -0.1) is 0 Å². The van der Waals surface area contributed by atoms with Crippen LogP contribution in [0.2, 0.25) is 0 Å². The Morgan fingerprint density at radius 2 is 2.04 bits per heavy atom. The van der Waals surface area contributed by atoms with E-state index in [0.717, 1.165) is 48.8 Å². The molecule has 148 valence electrons. The molecule has 1 aliphatic heterocycles. The molecular weight excluding hydrogens is 427 g/mol. The summed E-state index contributed by atoms with van der Waals surface area (Å²) in [6, 6.07) is 9.87. The molecule has 3 rings (SSSR count). The van der Waals surface area contributed by atoms with Crippen molar-refractivity contribution in [2.24, 2.45) is 11.7 Å². The number of carbonyl (C=O) groups excluding carboxylic acids is 2. The third-order valence-electron chi connectivity index (χ3n) is 5.10. The Labute approximate surface area is 171 Å². The molecule has 5 nitrogen and oxygen atoms in total. The molecular formula is C21H22BrFN2O3. The number of rotatable bonds is 7. The number of piperidine rings is 1. The van der Waals surface area contributed by atoms with Crippen LogP contribution in [0.1, 0.15) is 40.0 Å². The summed E-state index contributed by atoms with van der Waals surface area (Å²) in [5.74, 6) is -0.556. The maximum absolute atomic E-state index is 13.8. The molecule has 7 heteroatoms. The van der Waals surface area contributed by atoms with Gasteiger partial charge in [0.2, 0.25) is 0 Å². The molecule has 0 atom stereocenters. The van der Waals surface area contributed by atoms with Gasteiger partial charge in [-0.05, 0) is 65.4 Å². The molecule has 0 aliphatic carbocycles. The number of carbonyl (C=O) groups is 2. The Kier molecular flexibility index (Phi) is 6.67. The fourth-order valence-corrected chi connectivity index (χ4v) is 3.96. The van der Waals surface area contributed by atoms with Crippen LogP contribution < -0.4 is 15.4 Å². The van der Waals surface area contributed by atoms with E-state index in [1.807, 2.05) is 18.2 Å². The summed E-state index contributed by atoms with van der Waals surface area (Å²) in [6.07, 6.45) is 3.76. The van der Waals surface area contributed by atoms with E-state index in [4.69, 9.17) is 10.5 Å². The molecule has 28 heavy (non-hydrogen) atoms. The van der Waals surface area contributed by atoms with Crippen LogP contribution in [0.3, 0.4) is 0 Å². The quantitative estimate of drug-likeness (QED) is 0.644. The minimum atomic E-state index is -0.793. The Hall–Kier alpha value is -2.41. The fourth-order valence-electron chi connectivity index (χ4n) is 3.51. The van der Waals surface area contributed by atoms with Crippen LogP contribution in [-0.4, -0.2) is 31.9 Å². The lowest BCUT2D eigenvalue weighted by Gasteiger charge is -2.34. The highest BCUT2D eigenvalue weighted by molar-refractivity contribution is 9.10. The summed E-state index contributed by atoms with van der Waals surface area (Å²) >= 11 is 3.43. The SMILES string of the molecule is NC(=O)c1ccc(OCCC2CCN(c3cccc(Br)c3C=O)CC2)cc1F. The molecule has 1 fully saturated rings. The van der Waals surface area contributed by atoms with Crippen molar-refractivity contribution in [1.29, 1.82) is 0 Å². The average molecular weight is 449 g/mol. The number of nitrogens with zero attached hydrogens (tertiary/aromatic N) is 1. The van der Waals surface area contributed by atoms with Crippen molar-refractivity contribution in [3.8, 4) is 5.75 Å². The Morgan fingerprint density at radius 1 is 1.29 bits per heavy atom. The molecule has 0 bridgehead atoms. The van der Waals surface area contributed by atoms with Crippen molar-refractivity contribution >= 4 is 33.8 Å². The van der Waals surface area contributed by atoms with E-state index in [2.05, 4.69) is 20.8 Å². The van der Waals surface area contributed by atoms with E-state index in [1.165, 1.54) is 12.1 Å². The number of hydrogen-bond donors (Lipinski definition) is 1. The van der Waals surface area contributed by atoms with Crippen molar-refractivity contribution in [1.82, 2.24) is 0 Å². The number of anilines is 1. The number of aldehydes is 1. The summed E-state index contributed by atoms with van der Waals surface area (Å²) in [4.78, 5) is 24.7. The van der Waals surface area contributed by atoms with E-state index in [1.54, 1.807) is 6.07 Å². The highest BCUT2D eigenvalue weighted by Crippen LogP contribution is 2.30. The molecule has 1 aliphatic rings. The van der Waals surface area contributed by atoms with Crippen LogP contribution in [0, 0.1) is 11.7 Å². The van der Waals surface area contributed by atoms with Gasteiger partial charge in [0.05, 0.1) is 17.7 Å². The smallest absolute Gasteiger partial charge is 0.251 e. The zero-order valence-electron chi connectivity index (χ0n) is 15.4. The Morgan fingerprint density at radius 3 is 2.68 bits per heavy atom. The lowest BCUT2D eigenvalue weighted by molar-refractivity contribution is 0.0996. The third kappa shape index (κ3) is 4.70. The van der Waals surface area contributed by atoms with Crippen LogP contribution in [0.5, 0.6) is 5.75 Å². The maximum atomic E-state index is 13.8. The van der Waals surface area contributed by atoms with Gasteiger partial charge in [0.15, 0.2) is 6.29 Å². The van der Waals surface area contributed by atoms with E-state index >= 15 is 0 Å². The van der Waals surface area contributed by atoms with Gasteiger partial charge in [0.25, 0.3) is 5.91 Å². The first-order valence-electron chi connectivity index (χ1n) is 9.20. The molecule has 0 saturated carbocycles. The van der Waals surface area contributed by atoms with Gasteiger partial charge in [-0.2, -0.15) is 0 Å². The maximum Gasteiger partial charge on any atom is 0.251 e. The Balaban J connectivity index is 1.49. The summed E-state index contributed by atoms with van der Waals surface area (Å²) in [5.41, 5.74) is 6.61. The number of hydrogen-bond acceptors (Lipinski definition) is 4. The van der Waals surface area contributed by atoms with E-state index < -0.39 is 11.7 Å². The predicted octanol–water partition coefficient (Wildman–Crippen LogP) is 4.19. The second-order valence-electron chi connectivity index (χ2n) is 6.86. The normalized spacial score (nSPS) is 14.7. The molecule has 0 radical (unpaired) electrons. The van der Waals surface area contributed by atoms with Crippen LogP contribution in [0.15, 0.2) is 40.9 Å². The third-order valence-corrected chi connectivity index (χ3v) is 5.80. The van der Waals surface area contributed by atoms with Gasteiger partial charge in [-0.3, -0.25) is 9.59 Å². The lowest BCUT2D eigenvalue weighted by atomic mass is 9.93. The molecule has 0 spiro atoms. The van der Waals surface area contributed by atoms with E-state index in [-0.39, 0.29) is 5.56 Å². The second kappa shape index (κ2) is 9.19. The summed E-state index contributed by atoms with van der Waals surface area (Å²) in [7, 11) is 0. The zero-order valence-corrected chi connectivity index (χ0v) is 17.0. The first-order valence-corrected chi connectivity index (χ1v) is 9.99. The zero-order chi connectivity index (χ0) is 20.1. The van der Waals surface area contributed by atoms with Crippen LogP contribution in [0.25, 0.3) is 0 Å². The van der Waals surface area contributed by atoms with Gasteiger partial charge < -0.3 is 15.4 Å². The van der Waals surface area contributed by atoms with Gasteiger partial charge >= 0.3 is 0 Å². The molecule has 1 saturated heterocycles. The number of benzene rings is 2. The van der Waals surface area contributed by atoms with Crippen molar-refractivity contribution in [2.45, 2.75) is 19.3 Å². The van der Waals surface area contributed by atoms with Gasteiger partial charge in [0, 0.05) is 29.3 Å². The monoisotopic (exact) mass is 448 g/mol. The van der Waals surface area contributed by atoms with Crippen molar-refractivity contribution in [3.05, 3.63) is 57.8 Å². The van der Waals surface area contributed by atoms with Crippen molar-refractivity contribution in [3.63, 3.8) is 0 Å². The molecule has 1 heterocycles. The molecule has 0 aromatic heterocycles. The van der Waals surface area contributed by atoms with Gasteiger partial charge in [0.1, 0.15) is 11.6 Å². The predicted molar refractivity (Wildman–Crippen MR) is 109 cm³/mol. The number of ether oxygens (including phenoxy) is 1. The minimum absolute atomic E-state index is 0.137. The second-order valence-corrected chi connectivity index (χ2v) is 7.72. The van der Waals surface area contributed by atoms with E-state index in [9.17, 15) is 14.0 Å². The number of nitrogens with two attached hydrogens (primary N) is 1. The topological polar surface area (TPSA) is 72.6 Å². The molecule has 0 unspecified atom stereocenters. The van der Waals surface area contributed by atoms with Crippen molar-refractivity contribution < 1.29 is 18.7 Å². The van der Waals surface area contributed by atoms with Gasteiger partial charge in [-0.1, -0.05) is 6.07 Å². The highest BCUT2D eigenvalue weighted by atomic mass is 79.9. The average Bonchev–Trinajstić information content (AvgIpc) is 2.68. The standard InChI is InChI=1S/C21H22BrFN2O3/c22-18-2-1-3-20(17(18)13-26)25-9-6-14(7-10-25)8-11-28-15-4-5-16(21(24)27)19(23)12-15/h1-5,12-14H,6-11H2,(H2,24,27). The fraction of sp³-hybridized carbons (Fsp3) is 0.333. The number of primary amides is 1. The first kappa shape index (κ1) is 20.3. The number of amides is 1. The molecule has 2 aromatic carbocycles. The largest absolute Gasteiger partial charge is 0.493 e. The van der Waals surface area contributed by atoms with Crippen LogP contribution in [-0.2, 0) is 0 Å². The summed E-state index contributed by atoms with van der Waals surface area (Å²) in [6.45, 7) is 2.24. The highest BCUT2D eigenvalue weighted by Gasteiger charge is 2.22. The minimum Gasteiger partial charge on any atom is -0.493 e. The van der Waals surface area contributed by atoms with Gasteiger partial charge in [-0.25, -0.2) is 4.39 Å². The summed E-state index contributed by atoms with van der Waals surface area (Å²) < 4.78 is 20.2.